The molecule has 1 nitrogen and oxygen atoms in total. The van der Waals surface area contributed by atoms with Gasteiger partial charge < -0.3 is 5.32 Å². The zero-order chi connectivity index (χ0) is 22.4. The summed E-state index contributed by atoms with van der Waals surface area (Å²) in [7, 11) is -11.7. The summed E-state index contributed by atoms with van der Waals surface area (Å²) in [6.07, 6.45) is 0. The lowest BCUT2D eigenvalue weighted by molar-refractivity contribution is 0.364. The van der Waals surface area contributed by atoms with E-state index in [2.05, 4.69) is 23.6 Å². The number of allylic oxidation sites excluding steroid dienone is 1. The summed E-state index contributed by atoms with van der Waals surface area (Å²) >= 11 is 0. The van der Waals surface area contributed by atoms with Crippen LogP contribution in [-0.4, -0.2) is 17.5 Å². The number of nitrogens with one attached hydrogen (secondary N) is 1. The van der Waals surface area contributed by atoms with Gasteiger partial charge >= 0.3 is 10.2 Å². The lowest BCUT2D eigenvalue weighted by atomic mass is 9.92. The fourth-order valence-electron chi connectivity index (χ4n) is 2.74. The van der Waals surface area contributed by atoms with E-state index in [4.69, 9.17) is 0 Å². The van der Waals surface area contributed by atoms with Gasteiger partial charge in [-0.3, -0.25) is 0 Å². The normalized spacial score (nSPS) is 15.3. The van der Waals surface area contributed by atoms with E-state index >= 15 is 0 Å². The first-order chi connectivity index (χ1) is 12.8. The van der Waals surface area contributed by atoms with Gasteiger partial charge in [0.05, 0.1) is 0 Å². The van der Waals surface area contributed by atoms with Crippen molar-refractivity contribution >= 4 is 36.9 Å². The highest BCUT2D eigenvalue weighted by molar-refractivity contribution is 8.45. The summed E-state index contributed by atoms with van der Waals surface area (Å²) < 4.78 is 78.4. The van der Waals surface area contributed by atoms with Gasteiger partial charge in [-0.1, -0.05) is 57.7 Å². The number of hydrogen-bond donors (Lipinski definition) is 1. The predicted molar refractivity (Wildman–Crippen MR) is 116 cm³/mol. The fourth-order valence-corrected chi connectivity index (χ4v) is 5.86. The standard InChI is InChI=1S/C20H23F6NS2/c1-15(27-17-7-6-8-19(13-17)29(22,23,24,25)26)20(2,3)14-28(4,5)18-11-9-16(21)10-12-18/h6-13,27H,1,4-5,14H2,2-3H3. The van der Waals surface area contributed by atoms with Crippen molar-refractivity contribution in [3.05, 3.63) is 66.6 Å². The Morgan fingerprint density at radius 1 is 1.00 bits per heavy atom. The molecule has 0 spiro atoms. The summed E-state index contributed by atoms with van der Waals surface area (Å²) in [5.41, 5.74) is -0.523. The Kier molecular flexibility index (Phi) is 5.22. The van der Waals surface area contributed by atoms with Crippen molar-refractivity contribution in [3.8, 4) is 0 Å². The Balaban J connectivity index is 2.25. The summed E-state index contributed by atoms with van der Waals surface area (Å²) in [5, 5.41) is 2.70. The van der Waals surface area contributed by atoms with Gasteiger partial charge in [-0.25, -0.2) is 4.39 Å². The molecular weight excluding hydrogens is 432 g/mol. The van der Waals surface area contributed by atoms with Gasteiger partial charge in [0.2, 0.25) is 0 Å². The van der Waals surface area contributed by atoms with Crippen molar-refractivity contribution in [2.45, 2.75) is 23.6 Å². The van der Waals surface area contributed by atoms with Crippen LogP contribution >= 0.6 is 19.4 Å². The van der Waals surface area contributed by atoms with E-state index < -0.39 is 35.6 Å². The molecule has 162 valence electrons. The molecule has 0 saturated heterocycles. The van der Waals surface area contributed by atoms with E-state index in [-0.39, 0.29) is 5.69 Å². The van der Waals surface area contributed by atoms with E-state index in [1.54, 1.807) is 26.0 Å². The van der Waals surface area contributed by atoms with Gasteiger partial charge in [-0.2, -0.15) is 9.21 Å². The van der Waals surface area contributed by atoms with Crippen LogP contribution in [0.5, 0.6) is 0 Å². The molecular formula is C20H23F6NS2. The smallest absolute Gasteiger partial charge is 0.310 e. The molecule has 9 heteroatoms. The monoisotopic (exact) mass is 455 g/mol. The van der Waals surface area contributed by atoms with Crippen molar-refractivity contribution in [2.24, 2.45) is 5.41 Å². The van der Waals surface area contributed by atoms with Crippen LogP contribution in [0.4, 0.5) is 29.5 Å². The summed E-state index contributed by atoms with van der Waals surface area (Å²) in [4.78, 5) is -1.22. The van der Waals surface area contributed by atoms with Crippen molar-refractivity contribution in [3.63, 3.8) is 0 Å². The molecule has 0 aliphatic heterocycles. The van der Waals surface area contributed by atoms with Gasteiger partial charge in [0, 0.05) is 16.8 Å². The molecule has 2 aromatic rings. The lowest BCUT2D eigenvalue weighted by Gasteiger charge is -2.40. The summed E-state index contributed by atoms with van der Waals surface area (Å²) in [6.45, 7) is 7.45. The molecule has 2 aromatic carbocycles. The molecule has 0 radical (unpaired) electrons. The number of anilines is 1. The number of hydrogen-bond acceptors (Lipinski definition) is 1. The molecule has 0 atom stereocenters. The number of benzene rings is 2. The van der Waals surface area contributed by atoms with Crippen molar-refractivity contribution < 1.29 is 23.8 Å². The van der Waals surface area contributed by atoms with Crippen LogP contribution in [-0.2, 0) is 0 Å². The van der Waals surface area contributed by atoms with Crippen molar-refractivity contribution in [2.75, 3.05) is 11.1 Å². The highest BCUT2D eigenvalue weighted by atomic mass is 32.5. The average molecular weight is 456 g/mol. The second kappa shape index (κ2) is 6.50. The van der Waals surface area contributed by atoms with E-state index in [0.29, 0.717) is 23.6 Å². The predicted octanol–water partition coefficient (Wildman–Crippen LogP) is 8.16. The Morgan fingerprint density at radius 3 is 2.07 bits per heavy atom. The van der Waals surface area contributed by atoms with E-state index in [0.717, 1.165) is 11.0 Å². The fraction of sp³-hybridized carbons (Fsp3) is 0.200. The SMILES string of the molecule is C=C(Nc1cccc(S(F)(F)(F)(F)F)c1)C(C)(C)CS(=C)(=C)c1ccc(F)cc1. The van der Waals surface area contributed by atoms with Crippen molar-refractivity contribution in [1.82, 2.24) is 0 Å². The second-order valence-corrected chi connectivity index (χ2v) is 12.9. The van der Waals surface area contributed by atoms with E-state index in [1.165, 1.54) is 18.2 Å². The van der Waals surface area contributed by atoms with Gasteiger partial charge in [-0.05, 0) is 53.1 Å². The van der Waals surface area contributed by atoms with E-state index in [9.17, 15) is 23.8 Å². The third-order valence-corrected chi connectivity index (χ3v) is 8.03. The molecule has 2 rings (SSSR count). The maximum Gasteiger partial charge on any atom is 0.310 e. The van der Waals surface area contributed by atoms with E-state index in [1.807, 2.05) is 0 Å². The molecule has 1 N–H and O–H groups in total. The van der Waals surface area contributed by atoms with Crippen LogP contribution in [0.1, 0.15) is 13.8 Å². The largest absolute Gasteiger partial charge is 0.359 e. The molecule has 0 bridgehead atoms. The molecule has 0 aromatic heterocycles. The summed E-state index contributed by atoms with van der Waals surface area (Å²) in [5.74, 6) is 8.29. The van der Waals surface area contributed by atoms with Gasteiger partial charge in [0.15, 0.2) is 0 Å². The quantitative estimate of drug-likeness (QED) is 0.328. The second-order valence-electron chi connectivity index (χ2n) is 7.63. The Morgan fingerprint density at radius 2 is 1.55 bits per heavy atom. The number of halogens is 6. The van der Waals surface area contributed by atoms with Gasteiger partial charge in [0.25, 0.3) is 0 Å². The maximum absolute atomic E-state index is 13.2. The highest BCUT2D eigenvalue weighted by Gasteiger charge is 2.65. The average Bonchev–Trinajstić information content (AvgIpc) is 2.52. The molecule has 0 aliphatic rings. The van der Waals surface area contributed by atoms with Crippen molar-refractivity contribution in [1.29, 1.82) is 0 Å². The highest BCUT2D eigenvalue weighted by Crippen LogP contribution is 3.02. The molecule has 0 heterocycles. The summed E-state index contributed by atoms with van der Waals surface area (Å²) in [6, 6.07) is 8.67. The van der Waals surface area contributed by atoms with Crippen LogP contribution in [0.3, 0.4) is 0 Å². The maximum atomic E-state index is 13.2. The molecule has 0 saturated carbocycles. The van der Waals surface area contributed by atoms with Crippen LogP contribution in [0, 0.1) is 11.2 Å². The molecule has 0 amide bonds. The lowest BCUT2D eigenvalue weighted by Crippen LogP contribution is -2.24. The Bertz CT molecular complexity index is 1040. The third-order valence-electron chi connectivity index (χ3n) is 4.34. The van der Waals surface area contributed by atoms with Crippen LogP contribution in [0.2, 0.25) is 0 Å². The molecule has 0 fully saturated rings. The minimum Gasteiger partial charge on any atom is -0.359 e. The molecule has 0 unspecified atom stereocenters. The molecule has 29 heavy (non-hydrogen) atoms. The zero-order valence-corrected chi connectivity index (χ0v) is 17.7. The first-order valence-corrected chi connectivity index (χ1v) is 12.4. The number of rotatable bonds is 7. The molecule has 0 aliphatic carbocycles. The first-order valence-electron chi connectivity index (χ1n) is 8.33. The minimum absolute atomic E-state index is 0.149. The minimum atomic E-state index is -9.78. The van der Waals surface area contributed by atoms with Gasteiger partial charge in [-0.15, -0.1) is 0 Å². The van der Waals surface area contributed by atoms with Gasteiger partial charge in [0.1, 0.15) is 10.7 Å². The third kappa shape index (κ3) is 5.99. The topological polar surface area (TPSA) is 12.0 Å². The van der Waals surface area contributed by atoms with Crippen LogP contribution < -0.4 is 5.32 Å². The Labute approximate surface area is 167 Å². The van der Waals surface area contributed by atoms with Crippen LogP contribution in [0.25, 0.3) is 0 Å². The van der Waals surface area contributed by atoms with Crippen LogP contribution in [0.15, 0.2) is 70.6 Å². The zero-order valence-electron chi connectivity index (χ0n) is 16.0. The first kappa shape index (κ1) is 23.3. The Hall–Kier alpha value is -2.00.